The summed E-state index contributed by atoms with van der Waals surface area (Å²) < 4.78 is 4.05. The standard InChI is InChI=1S/C20H19N3O2S/c1-11(2)18-21-19-14(20(25)23(18)13-8-6-5-7-9-13)16(24)17-15(22(19)4)12(3)10-26-17/h5-11H,1-4H3. The molecule has 1 aromatic carbocycles. The predicted molar refractivity (Wildman–Crippen MR) is 107 cm³/mol. The Morgan fingerprint density at radius 3 is 2.46 bits per heavy atom. The van der Waals surface area contributed by atoms with Gasteiger partial charge in [-0.2, -0.15) is 0 Å². The number of rotatable bonds is 2. The summed E-state index contributed by atoms with van der Waals surface area (Å²) in [7, 11) is 1.87. The van der Waals surface area contributed by atoms with Crippen molar-refractivity contribution in [1.82, 2.24) is 14.1 Å². The van der Waals surface area contributed by atoms with Gasteiger partial charge in [0, 0.05) is 13.0 Å². The van der Waals surface area contributed by atoms with Crippen molar-refractivity contribution < 1.29 is 0 Å². The first-order valence-corrected chi connectivity index (χ1v) is 9.38. The maximum atomic E-state index is 13.4. The second-order valence-electron chi connectivity index (χ2n) is 6.78. The molecule has 0 N–H and O–H groups in total. The lowest BCUT2D eigenvalue weighted by Gasteiger charge is -2.17. The molecular formula is C20H19N3O2S. The molecule has 0 saturated heterocycles. The molecule has 132 valence electrons. The molecule has 0 aliphatic heterocycles. The minimum Gasteiger partial charge on any atom is -0.327 e. The molecule has 3 heterocycles. The molecule has 0 aliphatic carbocycles. The lowest BCUT2D eigenvalue weighted by Crippen LogP contribution is -2.29. The number of pyridine rings is 1. The monoisotopic (exact) mass is 365 g/mol. The molecule has 3 aromatic heterocycles. The summed E-state index contributed by atoms with van der Waals surface area (Å²) in [6.45, 7) is 5.97. The fourth-order valence-electron chi connectivity index (χ4n) is 3.42. The van der Waals surface area contributed by atoms with Gasteiger partial charge in [0.05, 0.1) is 15.9 Å². The van der Waals surface area contributed by atoms with Crippen molar-refractivity contribution in [3.63, 3.8) is 0 Å². The van der Waals surface area contributed by atoms with Crippen molar-refractivity contribution in [2.24, 2.45) is 7.05 Å². The van der Waals surface area contributed by atoms with Gasteiger partial charge >= 0.3 is 0 Å². The number of para-hydroxylation sites is 1. The summed E-state index contributed by atoms with van der Waals surface area (Å²) in [5.41, 5.74) is 2.50. The van der Waals surface area contributed by atoms with E-state index in [9.17, 15) is 9.59 Å². The molecule has 26 heavy (non-hydrogen) atoms. The van der Waals surface area contributed by atoms with Crippen LogP contribution in [0.15, 0.2) is 45.3 Å². The van der Waals surface area contributed by atoms with Crippen molar-refractivity contribution >= 4 is 32.6 Å². The Balaban J connectivity index is 2.28. The third kappa shape index (κ3) is 2.25. The van der Waals surface area contributed by atoms with Crippen LogP contribution in [0.3, 0.4) is 0 Å². The molecule has 4 aromatic rings. The van der Waals surface area contributed by atoms with Crippen LogP contribution in [0.1, 0.15) is 31.2 Å². The quantitative estimate of drug-likeness (QED) is 0.544. The van der Waals surface area contributed by atoms with Crippen LogP contribution in [-0.4, -0.2) is 14.1 Å². The zero-order valence-electron chi connectivity index (χ0n) is 15.1. The van der Waals surface area contributed by atoms with Gasteiger partial charge in [-0.15, -0.1) is 11.3 Å². The Morgan fingerprint density at radius 2 is 1.81 bits per heavy atom. The van der Waals surface area contributed by atoms with Crippen LogP contribution < -0.4 is 11.0 Å². The predicted octanol–water partition coefficient (Wildman–Crippen LogP) is 3.73. The highest BCUT2D eigenvalue weighted by Crippen LogP contribution is 2.25. The van der Waals surface area contributed by atoms with Crippen LogP contribution in [0.25, 0.3) is 26.9 Å². The van der Waals surface area contributed by atoms with Crippen LogP contribution in [0.2, 0.25) is 0 Å². The molecule has 0 radical (unpaired) electrons. The van der Waals surface area contributed by atoms with Gasteiger partial charge in [0.1, 0.15) is 11.2 Å². The number of thiophene rings is 1. The second kappa shape index (κ2) is 5.92. The van der Waals surface area contributed by atoms with E-state index in [1.807, 2.05) is 68.1 Å². The summed E-state index contributed by atoms with van der Waals surface area (Å²) in [5, 5.41) is 2.10. The fraction of sp³-hybridized carbons (Fsp3) is 0.250. The molecule has 0 bridgehead atoms. The second-order valence-corrected chi connectivity index (χ2v) is 7.66. The van der Waals surface area contributed by atoms with Gasteiger partial charge in [0.15, 0.2) is 5.65 Å². The SMILES string of the molecule is Cc1csc2c(=O)c3c(=O)n(-c4ccccc4)c(C(C)C)nc3n(C)c12. The van der Waals surface area contributed by atoms with E-state index in [-0.39, 0.29) is 22.3 Å². The largest absolute Gasteiger partial charge is 0.327 e. The van der Waals surface area contributed by atoms with Crippen molar-refractivity contribution in [3.8, 4) is 5.69 Å². The number of aryl methyl sites for hydroxylation is 2. The highest BCUT2D eigenvalue weighted by atomic mass is 32.1. The van der Waals surface area contributed by atoms with Gasteiger partial charge in [-0.3, -0.25) is 14.2 Å². The maximum Gasteiger partial charge on any atom is 0.271 e. The number of fused-ring (bicyclic) bond motifs is 2. The third-order valence-electron chi connectivity index (χ3n) is 4.65. The highest BCUT2D eigenvalue weighted by molar-refractivity contribution is 7.17. The van der Waals surface area contributed by atoms with Gasteiger partial charge in [0.2, 0.25) is 5.43 Å². The Labute approximate surface area is 154 Å². The van der Waals surface area contributed by atoms with E-state index in [0.29, 0.717) is 16.2 Å². The Morgan fingerprint density at radius 1 is 1.12 bits per heavy atom. The Hall–Kier alpha value is -2.73. The maximum absolute atomic E-state index is 13.4. The van der Waals surface area contributed by atoms with Crippen LogP contribution in [0.4, 0.5) is 0 Å². The third-order valence-corrected chi connectivity index (χ3v) is 5.74. The highest BCUT2D eigenvalue weighted by Gasteiger charge is 2.21. The van der Waals surface area contributed by atoms with Gasteiger partial charge in [0.25, 0.3) is 5.56 Å². The van der Waals surface area contributed by atoms with Crippen LogP contribution in [0, 0.1) is 6.92 Å². The molecule has 0 unspecified atom stereocenters. The Bertz CT molecular complexity index is 1260. The van der Waals surface area contributed by atoms with Crippen molar-refractivity contribution in [1.29, 1.82) is 0 Å². The summed E-state index contributed by atoms with van der Waals surface area (Å²) in [6, 6.07) is 9.37. The molecule has 0 fully saturated rings. The molecule has 0 aliphatic rings. The Kier molecular flexibility index (Phi) is 3.80. The summed E-state index contributed by atoms with van der Waals surface area (Å²) in [4.78, 5) is 31.2. The number of aromatic nitrogens is 3. The first-order valence-electron chi connectivity index (χ1n) is 8.50. The molecule has 5 nitrogen and oxygen atoms in total. The molecule has 0 amide bonds. The summed E-state index contributed by atoms with van der Waals surface area (Å²) in [6.07, 6.45) is 0. The van der Waals surface area contributed by atoms with E-state index in [2.05, 4.69) is 0 Å². The van der Waals surface area contributed by atoms with Crippen LogP contribution in [-0.2, 0) is 7.05 Å². The fourth-order valence-corrected chi connectivity index (χ4v) is 4.44. The zero-order valence-corrected chi connectivity index (χ0v) is 15.9. The number of hydrogen-bond donors (Lipinski definition) is 0. The van der Waals surface area contributed by atoms with Gasteiger partial charge in [-0.25, -0.2) is 4.98 Å². The number of benzene rings is 1. The normalized spacial score (nSPS) is 11.7. The molecule has 0 atom stereocenters. The lowest BCUT2D eigenvalue weighted by molar-refractivity contribution is 0.716. The lowest BCUT2D eigenvalue weighted by atomic mass is 10.1. The molecule has 6 heteroatoms. The van der Waals surface area contributed by atoms with Crippen molar-refractivity contribution in [3.05, 3.63) is 67.7 Å². The average molecular weight is 365 g/mol. The van der Waals surface area contributed by atoms with Crippen LogP contribution in [0.5, 0.6) is 0 Å². The van der Waals surface area contributed by atoms with E-state index >= 15 is 0 Å². The van der Waals surface area contributed by atoms with Gasteiger partial charge in [-0.05, 0) is 30.0 Å². The van der Waals surface area contributed by atoms with Gasteiger partial charge in [-0.1, -0.05) is 32.0 Å². The average Bonchev–Trinajstić information content (AvgIpc) is 3.01. The minimum absolute atomic E-state index is 0.0293. The molecular weight excluding hydrogens is 346 g/mol. The molecule has 0 spiro atoms. The molecule has 4 rings (SSSR count). The van der Waals surface area contributed by atoms with Crippen LogP contribution >= 0.6 is 11.3 Å². The topological polar surface area (TPSA) is 56.9 Å². The van der Waals surface area contributed by atoms with Gasteiger partial charge < -0.3 is 4.57 Å². The minimum atomic E-state index is -0.307. The van der Waals surface area contributed by atoms with E-state index < -0.39 is 0 Å². The van der Waals surface area contributed by atoms with E-state index in [0.717, 1.165) is 16.8 Å². The summed E-state index contributed by atoms with van der Waals surface area (Å²) in [5.74, 6) is 0.678. The van der Waals surface area contributed by atoms with E-state index in [4.69, 9.17) is 4.98 Å². The number of nitrogens with zero attached hydrogens (tertiary/aromatic N) is 3. The summed E-state index contributed by atoms with van der Waals surface area (Å²) >= 11 is 1.38. The first-order chi connectivity index (χ1) is 12.4. The zero-order chi connectivity index (χ0) is 18.6. The smallest absolute Gasteiger partial charge is 0.271 e. The van der Waals surface area contributed by atoms with Crippen molar-refractivity contribution in [2.45, 2.75) is 26.7 Å². The van der Waals surface area contributed by atoms with E-state index in [1.54, 1.807) is 4.57 Å². The first kappa shape index (κ1) is 16.7. The molecule has 0 saturated carbocycles. The van der Waals surface area contributed by atoms with E-state index in [1.165, 1.54) is 11.3 Å². The van der Waals surface area contributed by atoms with Crippen molar-refractivity contribution in [2.75, 3.05) is 0 Å². The number of hydrogen-bond acceptors (Lipinski definition) is 4.